The minimum absolute atomic E-state index is 0. The zero-order valence-corrected chi connectivity index (χ0v) is 15.6. The van der Waals surface area contributed by atoms with Gasteiger partial charge in [0.25, 0.3) is 5.89 Å². The maximum Gasteiger partial charge on any atom is 0.261 e. The van der Waals surface area contributed by atoms with Gasteiger partial charge in [-0.1, -0.05) is 29.6 Å². The molecule has 0 spiro atoms. The molecule has 1 aromatic heterocycles. The van der Waals surface area contributed by atoms with Crippen LogP contribution in [0.2, 0.25) is 5.02 Å². The normalized spacial score (nSPS) is 19.8. The zero-order valence-electron chi connectivity index (χ0n) is 14.0. The van der Waals surface area contributed by atoms with Gasteiger partial charge in [0.1, 0.15) is 5.75 Å². The van der Waals surface area contributed by atoms with Gasteiger partial charge in [0, 0.05) is 5.02 Å². The monoisotopic (exact) mass is 383 g/mol. The highest BCUT2D eigenvalue weighted by Crippen LogP contribution is 2.38. The van der Waals surface area contributed by atoms with Crippen molar-refractivity contribution >= 4 is 24.0 Å². The maximum atomic E-state index is 6.43. The van der Waals surface area contributed by atoms with E-state index in [0.29, 0.717) is 16.7 Å². The van der Waals surface area contributed by atoms with Gasteiger partial charge in [0.05, 0.1) is 17.2 Å². The molecule has 25 heavy (non-hydrogen) atoms. The Balaban J connectivity index is 0.00000182. The molecule has 2 fully saturated rings. The Hall–Kier alpha value is -1.30. The average Bonchev–Trinajstić information content (AvgIpc) is 3.30. The predicted octanol–water partition coefficient (Wildman–Crippen LogP) is 4.86. The van der Waals surface area contributed by atoms with Crippen LogP contribution in [-0.4, -0.2) is 16.2 Å². The second kappa shape index (κ2) is 7.52. The van der Waals surface area contributed by atoms with Crippen LogP contribution < -0.4 is 10.5 Å². The molecule has 1 aromatic carbocycles. The van der Waals surface area contributed by atoms with E-state index in [2.05, 4.69) is 10.1 Å². The van der Waals surface area contributed by atoms with Gasteiger partial charge in [-0.15, -0.1) is 12.4 Å². The van der Waals surface area contributed by atoms with Crippen LogP contribution in [0.5, 0.6) is 5.75 Å². The third kappa shape index (κ3) is 3.78. The van der Waals surface area contributed by atoms with Crippen LogP contribution in [0.15, 0.2) is 22.7 Å². The summed E-state index contributed by atoms with van der Waals surface area (Å²) < 4.78 is 11.7. The Morgan fingerprint density at radius 2 is 1.88 bits per heavy atom. The zero-order chi connectivity index (χ0) is 16.6. The molecule has 0 aliphatic heterocycles. The quantitative estimate of drug-likeness (QED) is 0.815. The highest BCUT2D eigenvalue weighted by molar-refractivity contribution is 6.30. The van der Waals surface area contributed by atoms with Crippen LogP contribution in [0.25, 0.3) is 11.5 Å². The summed E-state index contributed by atoms with van der Waals surface area (Å²) in [6.45, 7) is 0. The maximum absolute atomic E-state index is 6.43. The molecule has 4 rings (SSSR count). The highest BCUT2D eigenvalue weighted by atomic mass is 35.5. The molecule has 0 atom stereocenters. The van der Waals surface area contributed by atoms with Crippen molar-refractivity contribution in [2.24, 2.45) is 5.73 Å². The smallest absolute Gasteiger partial charge is 0.261 e. The van der Waals surface area contributed by atoms with Gasteiger partial charge in [-0.2, -0.15) is 4.98 Å². The molecular weight excluding hydrogens is 361 g/mol. The van der Waals surface area contributed by atoms with Gasteiger partial charge in [0.2, 0.25) is 0 Å². The summed E-state index contributed by atoms with van der Waals surface area (Å²) in [5.74, 6) is 1.76. The predicted molar refractivity (Wildman–Crippen MR) is 99.2 cm³/mol. The van der Waals surface area contributed by atoms with Crippen LogP contribution in [0.4, 0.5) is 0 Å². The van der Waals surface area contributed by atoms with E-state index >= 15 is 0 Å². The van der Waals surface area contributed by atoms with Gasteiger partial charge in [-0.25, -0.2) is 0 Å². The van der Waals surface area contributed by atoms with Crippen LogP contribution in [0.3, 0.4) is 0 Å². The Morgan fingerprint density at radius 3 is 2.60 bits per heavy atom. The number of nitrogens with two attached hydrogens (primary N) is 1. The number of hydrogen-bond donors (Lipinski definition) is 1. The summed E-state index contributed by atoms with van der Waals surface area (Å²) in [6.07, 6.45) is 8.86. The molecular formula is C18H23Cl2N3O2. The Labute approximate surface area is 158 Å². The highest BCUT2D eigenvalue weighted by Gasteiger charge is 2.36. The lowest BCUT2D eigenvalue weighted by molar-refractivity contribution is 0.210. The van der Waals surface area contributed by atoms with Crippen molar-refractivity contribution in [1.29, 1.82) is 0 Å². The first kappa shape index (κ1) is 18.5. The van der Waals surface area contributed by atoms with E-state index in [9.17, 15) is 0 Å². The van der Waals surface area contributed by atoms with Crippen molar-refractivity contribution in [3.63, 3.8) is 0 Å². The van der Waals surface area contributed by atoms with Gasteiger partial charge >= 0.3 is 0 Å². The number of benzene rings is 1. The first-order valence-electron chi connectivity index (χ1n) is 8.74. The molecule has 2 aliphatic rings. The Kier molecular flexibility index (Phi) is 5.56. The van der Waals surface area contributed by atoms with Crippen molar-refractivity contribution in [2.45, 2.75) is 63.0 Å². The van der Waals surface area contributed by atoms with E-state index in [1.165, 1.54) is 12.8 Å². The molecule has 2 N–H and O–H groups in total. The van der Waals surface area contributed by atoms with Gasteiger partial charge in [0.15, 0.2) is 5.82 Å². The molecule has 2 aromatic rings. The van der Waals surface area contributed by atoms with E-state index < -0.39 is 5.54 Å². The number of ether oxygens (including phenoxy) is 1. The van der Waals surface area contributed by atoms with Crippen molar-refractivity contribution in [1.82, 2.24) is 10.1 Å². The lowest BCUT2D eigenvalue weighted by Gasteiger charge is -2.18. The SMILES string of the molecule is Cl.NC1(c2noc(-c3cc(Cl)ccc3OC3CCCC3)n2)CCCC1. The van der Waals surface area contributed by atoms with Crippen molar-refractivity contribution in [2.75, 3.05) is 0 Å². The second-order valence-corrected chi connectivity index (χ2v) is 7.39. The standard InChI is InChI=1S/C18H22ClN3O2.ClH/c19-12-7-8-15(23-13-5-1-2-6-13)14(11-12)16-21-17(22-24-16)18(20)9-3-4-10-18;/h7-8,11,13H,1-6,9-10,20H2;1H. The van der Waals surface area contributed by atoms with E-state index in [0.717, 1.165) is 49.8 Å². The molecule has 0 saturated heterocycles. The summed E-state index contributed by atoms with van der Waals surface area (Å²) in [6, 6.07) is 5.53. The van der Waals surface area contributed by atoms with Crippen LogP contribution in [-0.2, 0) is 5.54 Å². The molecule has 2 saturated carbocycles. The average molecular weight is 384 g/mol. The molecule has 0 amide bonds. The summed E-state index contributed by atoms with van der Waals surface area (Å²) in [5.41, 5.74) is 6.71. The molecule has 2 aliphatic carbocycles. The number of hydrogen-bond acceptors (Lipinski definition) is 5. The number of aromatic nitrogens is 2. The van der Waals surface area contributed by atoms with Gasteiger partial charge in [-0.3, -0.25) is 0 Å². The fourth-order valence-corrected chi connectivity index (χ4v) is 3.89. The van der Waals surface area contributed by atoms with Crippen LogP contribution >= 0.6 is 24.0 Å². The lowest BCUT2D eigenvalue weighted by atomic mass is 9.99. The Bertz CT molecular complexity index is 723. The largest absolute Gasteiger partial charge is 0.490 e. The molecule has 0 bridgehead atoms. The Morgan fingerprint density at radius 1 is 1.16 bits per heavy atom. The summed E-state index contributed by atoms with van der Waals surface area (Å²) in [5, 5.41) is 4.76. The summed E-state index contributed by atoms with van der Waals surface area (Å²) in [4.78, 5) is 4.57. The van der Waals surface area contributed by atoms with Crippen molar-refractivity contribution in [3.8, 4) is 17.2 Å². The van der Waals surface area contributed by atoms with E-state index in [-0.39, 0.29) is 18.5 Å². The first-order chi connectivity index (χ1) is 11.6. The number of nitrogens with zero attached hydrogens (tertiary/aromatic N) is 2. The van der Waals surface area contributed by atoms with Crippen molar-refractivity contribution in [3.05, 3.63) is 29.0 Å². The van der Waals surface area contributed by atoms with E-state index in [1.54, 1.807) is 0 Å². The molecule has 1 heterocycles. The van der Waals surface area contributed by atoms with Gasteiger partial charge < -0.3 is 15.0 Å². The minimum Gasteiger partial charge on any atom is -0.490 e. The summed E-state index contributed by atoms with van der Waals surface area (Å²) >= 11 is 6.17. The van der Waals surface area contributed by atoms with E-state index in [4.69, 9.17) is 26.6 Å². The fraction of sp³-hybridized carbons (Fsp3) is 0.556. The lowest BCUT2D eigenvalue weighted by Crippen LogP contribution is -2.34. The third-order valence-electron chi connectivity index (χ3n) is 5.13. The molecule has 136 valence electrons. The number of rotatable bonds is 4. The minimum atomic E-state index is -0.465. The van der Waals surface area contributed by atoms with Gasteiger partial charge in [-0.05, 0) is 56.7 Å². The van der Waals surface area contributed by atoms with E-state index in [1.807, 2.05) is 18.2 Å². The van der Waals surface area contributed by atoms with Crippen molar-refractivity contribution < 1.29 is 9.26 Å². The molecule has 0 unspecified atom stereocenters. The number of halogens is 2. The second-order valence-electron chi connectivity index (χ2n) is 6.95. The molecule has 0 radical (unpaired) electrons. The topological polar surface area (TPSA) is 74.2 Å². The summed E-state index contributed by atoms with van der Waals surface area (Å²) in [7, 11) is 0. The van der Waals surface area contributed by atoms with Crippen LogP contribution in [0, 0.1) is 0 Å². The fourth-order valence-electron chi connectivity index (χ4n) is 3.72. The third-order valence-corrected chi connectivity index (χ3v) is 5.37. The first-order valence-corrected chi connectivity index (χ1v) is 9.11. The van der Waals surface area contributed by atoms with Crippen LogP contribution in [0.1, 0.15) is 57.2 Å². The molecule has 7 heteroatoms. The molecule has 5 nitrogen and oxygen atoms in total.